The first-order valence-corrected chi connectivity index (χ1v) is 15.7. The number of hydrogen-bond acceptors (Lipinski definition) is 1. The molecule has 0 N–H and O–H groups in total. The summed E-state index contributed by atoms with van der Waals surface area (Å²) in [7, 11) is -2.69. The zero-order chi connectivity index (χ0) is 16.9. The molecule has 0 aliphatic heterocycles. The molecule has 1 nitrogen and oxygen atoms in total. The van der Waals surface area contributed by atoms with Crippen LogP contribution in [0.3, 0.4) is 0 Å². The van der Waals surface area contributed by atoms with Crippen LogP contribution in [0, 0.1) is 34.5 Å². The fourth-order valence-electron chi connectivity index (χ4n) is 4.80. The lowest BCUT2D eigenvalue weighted by atomic mass is 9.71. The molecule has 0 saturated carbocycles. The smallest absolute Gasteiger partial charge is 0.0726 e. The standard InChI is InChI=1S/C19H33NSi2/c1-19(2,13-20)16-11-9-10-14-12-15(16)18(22(6,7)8)17(14)21(3,4)5/h9-10,14-16H,11-12H2,1-8H3/t14-,15-,16-/m0/s1. The molecule has 0 radical (unpaired) electrons. The van der Waals surface area contributed by atoms with Crippen LogP contribution in [0.5, 0.6) is 0 Å². The summed E-state index contributed by atoms with van der Waals surface area (Å²) in [5.41, 5.74) is -0.232. The van der Waals surface area contributed by atoms with Gasteiger partial charge in [-0.3, -0.25) is 0 Å². The molecule has 0 saturated heterocycles. The van der Waals surface area contributed by atoms with Gasteiger partial charge >= 0.3 is 0 Å². The third-order valence-corrected chi connectivity index (χ3v) is 10.4. The molecule has 22 heavy (non-hydrogen) atoms. The third-order valence-electron chi connectivity index (χ3n) is 5.61. The van der Waals surface area contributed by atoms with Gasteiger partial charge in [0.2, 0.25) is 0 Å². The monoisotopic (exact) mass is 331 g/mol. The Kier molecular flexibility index (Phi) is 4.43. The van der Waals surface area contributed by atoms with Gasteiger partial charge in [0.25, 0.3) is 0 Å². The molecule has 3 atom stereocenters. The van der Waals surface area contributed by atoms with E-state index in [0.29, 0.717) is 17.8 Å². The molecule has 2 bridgehead atoms. The maximum absolute atomic E-state index is 9.71. The summed E-state index contributed by atoms with van der Waals surface area (Å²) < 4.78 is 0. The number of allylic oxidation sites excluding steroid dienone is 4. The SMILES string of the molecule is CC(C)(C#N)[C@H]1CC=C[C@H]2C[C@@H]1C([Si](C)(C)C)=C2[Si](C)(C)C. The highest BCUT2D eigenvalue weighted by molar-refractivity contribution is 6.89. The maximum atomic E-state index is 9.71. The van der Waals surface area contributed by atoms with Crippen molar-refractivity contribution in [3.8, 4) is 6.07 Å². The van der Waals surface area contributed by atoms with Gasteiger partial charge in [0.05, 0.1) is 27.6 Å². The number of nitriles is 1. The summed E-state index contributed by atoms with van der Waals surface area (Å²) in [6.45, 7) is 19.4. The van der Waals surface area contributed by atoms with Crippen molar-refractivity contribution in [3.63, 3.8) is 0 Å². The molecule has 0 aromatic rings. The predicted molar refractivity (Wildman–Crippen MR) is 102 cm³/mol. The van der Waals surface area contributed by atoms with E-state index < -0.39 is 16.1 Å². The van der Waals surface area contributed by atoms with Crippen molar-refractivity contribution in [2.24, 2.45) is 23.2 Å². The van der Waals surface area contributed by atoms with Gasteiger partial charge in [-0.25, -0.2) is 0 Å². The van der Waals surface area contributed by atoms with Crippen molar-refractivity contribution in [3.05, 3.63) is 22.5 Å². The molecule has 3 heteroatoms. The van der Waals surface area contributed by atoms with E-state index in [9.17, 15) is 5.26 Å². The second-order valence-electron chi connectivity index (χ2n) is 9.88. The molecule has 0 amide bonds. The first-order chi connectivity index (χ1) is 9.89. The number of fused-ring (bicyclic) bond motifs is 2. The van der Waals surface area contributed by atoms with Crippen molar-refractivity contribution in [1.29, 1.82) is 5.26 Å². The van der Waals surface area contributed by atoms with Crippen molar-refractivity contribution in [2.45, 2.75) is 66.0 Å². The van der Waals surface area contributed by atoms with E-state index >= 15 is 0 Å². The van der Waals surface area contributed by atoms with E-state index in [0.717, 1.165) is 6.42 Å². The minimum absolute atomic E-state index is 0.232. The average Bonchev–Trinajstić information content (AvgIpc) is 2.57. The van der Waals surface area contributed by atoms with Crippen LogP contribution < -0.4 is 0 Å². The molecule has 0 heterocycles. The first kappa shape index (κ1) is 17.8. The van der Waals surface area contributed by atoms with E-state index in [1.165, 1.54) is 6.42 Å². The van der Waals surface area contributed by atoms with Crippen LogP contribution in [0.25, 0.3) is 0 Å². The lowest BCUT2D eigenvalue weighted by molar-refractivity contribution is 0.222. The molecule has 0 spiro atoms. The molecule has 0 aromatic heterocycles. The maximum Gasteiger partial charge on any atom is 0.0726 e. The van der Waals surface area contributed by atoms with Gasteiger partial charge < -0.3 is 0 Å². The van der Waals surface area contributed by atoms with Crippen molar-refractivity contribution >= 4 is 16.1 Å². The fourth-order valence-corrected chi connectivity index (χ4v) is 11.8. The lowest BCUT2D eigenvalue weighted by Gasteiger charge is -2.39. The van der Waals surface area contributed by atoms with Gasteiger partial charge in [0.1, 0.15) is 0 Å². The van der Waals surface area contributed by atoms with Crippen molar-refractivity contribution in [1.82, 2.24) is 0 Å². The molecule has 0 unspecified atom stereocenters. The Labute approximate surface area is 139 Å². The molecule has 2 aliphatic carbocycles. The highest BCUT2D eigenvalue weighted by Gasteiger charge is 2.49. The molecule has 0 fully saturated rings. The summed E-state index contributed by atoms with van der Waals surface area (Å²) in [5.74, 6) is 1.79. The molecular formula is C19H33NSi2. The number of rotatable bonds is 3. The first-order valence-electron chi connectivity index (χ1n) is 8.72. The Hall–Kier alpha value is -0.596. The predicted octanol–water partition coefficient (Wildman–Crippen LogP) is 5.80. The second-order valence-corrected chi connectivity index (χ2v) is 20.0. The number of hydrogen-bond donors (Lipinski definition) is 0. The van der Waals surface area contributed by atoms with E-state index in [1.807, 2.05) is 10.4 Å². The van der Waals surface area contributed by atoms with Crippen LogP contribution in [-0.4, -0.2) is 16.1 Å². The zero-order valence-electron chi connectivity index (χ0n) is 15.7. The topological polar surface area (TPSA) is 23.8 Å². The zero-order valence-corrected chi connectivity index (χ0v) is 17.7. The van der Waals surface area contributed by atoms with Gasteiger partial charge in [0.15, 0.2) is 0 Å². The number of nitrogens with zero attached hydrogens (tertiary/aromatic N) is 1. The lowest BCUT2D eigenvalue weighted by Crippen LogP contribution is -2.39. The van der Waals surface area contributed by atoms with Gasteiger partial charge in [-0.2, -0.15) is 5.26 Å². The Morgan fingerprint density at radius 1 is 1.05 bits per heavy atom. The fraction of sp³-hybridized carbons (Fsp3) is 0.737. The molecular weight excluding hydrogens is 298 g/mol. The van der Waals surface area contributed by atoms with Gasteiger partial charge in [-0.05, 0) is 44.4 Å². The van der Waals surface area contributed by atoms with Gasteiger partial charge in [-0.15, -0.1) is 0 Å². The van der Waals surface area contributed by atoms with Crippen molar-refractivity contribution in [2.75, 3.05) is 0 Å². The summed E-state index contributed by atoms with van der Waals surface area (Å²) in [6, 6.07) is 2.62. The van der Waals surface area contributed by atoms with Gasteiger partial charge in [0, 0.05) is 0 Å². The molecule has 0 aromatic carbocycles. The molecule has 2 aliphatic rings. The Balaban J connectivity index is 2.64. The van der Waals surface area contributed by atoms with E-state index in [2.05, 4.69) is 71.4 Å². The minimum atomic E-state index is -1.37. The van der Waals surface area contributed by atoms with E-state index in [4.69, 9.17) is 0 Å². The minimum Gasteiger partial charge on any atom is -0.198 e. The third kappa shape index (κ3) is 3.05. The second kappa shape index (κ2) is 5.49. The van der Waals surface area contributed by atoms with E-state index in [-0.39, 0.29) is 5.41 Å². The summed E-state index contributed by atoms with van der Waals surface area (Å²) in [5, 5.41) is 13.4. The van der Waals surface area contributed by atoms with Crippen LogP contribution in [0.2, 0.25) is 39.3 Å². The summed E-state index contributed by atoms with van der Waals surface area (Å²) in [4.78, 5) is 0. The van der Waals surface area contributed by atoms with Crippen LogP contribution >= 0.6 is 0 Å². The Morgan fingerprint density at radius 2 is 1.59 bits per heavy atom. The normalized spacial score (nSPS) is 29.5. The van der Waals surface area contributed by atoms with Crippen LogP contribution in [0.15, 0.2) is 22.5 Å². The van der Waals surface area contributed by atoms with Crippen LogP contribution in [-0.2, 0) is 0 Å². The van der Waals surface area contributed by atoms with Crippen LogP contribution in [0.4, 0.5) is 0 Å². The highest BCUT2D eigenvalue weighted by atomic mass is 28.3. The Bertz CT molecular complexity index is 549. The summed E-state index contributed by atoms with van der Waals surface area (Å²) in [6.07, 6.45) is 7.22. The molecule has 2 rings (SSSR count). The van der Waals surface area contributed by atoms with Crippen LogP contribution in [0.1, 0.15) is 26.7 Å². The molecule has 122 valence electrons. The highest BCUT2D eigenvalue weighted by Crippen LogP contribution is 2.54. The summed E-state index contributed by atoms with van der Waals surface area (Å²) >= 11 is 0. The Morgan fingerprint density at radius 3 is 2.05 bits per heavy atom. The van der Waals surface area contributed by atoms with Crippen molar-refractivity contribution < 1.29 is 0 Å². The van der Waals surface area contributed by atoms with E-state index in [1.54, 1.807) is 0 Å². The quantitative estimate of drug-likeness (QED) is 0.473. The average molecular weight is 332 g/mol. The largest absolute Gasteiger partial charge is 0.198 e. The van der Waals surface area contributed by atoms with Gasteiger partial charge in [-0.1, -0.05) is 61.8 Å².